The van der Waals surface area contributed by atoms with E-state index >= 15 is 0 Å². The predicted octanol–water partition coefficient (Wildman–Crippen LogP) is 1.15. The van der Waals surface area contributed by atoms with Crippen LogP contribution in [-0.2, 0) is 4.79 Å². The van der Waals surface area contributed by atoms with Crippen molar-refractivity contribution < 1.29 is 9.90 Å². The van der Waals surface area contributed by atoms with Gasteiger partial charge in [0.25, 0.3) is 0 Å². The third kappa shape index (κ3) is 3.41. The van der Waals surface area contributed by atoms with Crippen LogP contribution in [-0.4, -0.2) is 16.1 Å². The van der Waals surface area contributed by atoms with Crippen LogP contribution < -0.4 is 5.73 Å². The van der Waals surface area contributed by atoms with Gasteiger partial charge in [-0.05, 0) is 6.07 Å². The monoisotopic (exact) mass is 219 g/mol. The van der Waals surface area contributed by atoms with Gasteiger partial charge in [-0.1, -0.05) is 42.3 Å². The molecule has 1 rings (SSSR count). The van der Waals surface area contributed by atoms with E-state index in [0.29, 0.717) is 11.1 Å². The molecule has 0 aromatic heterocycles. The molecular weight excluding hydrogens is 210 g/mol. The predicted molar refractivity (Wildman–Crippen MR) is 61.5 cm³/mol. The quantitative estimate of drug-likeness (QED) is 0.578. The van der Waals surface area contributed by atoms with E-state index < -0.39 is 5.97 Å². The van der Waals surface area contributed by atoms with Gasteiger partial charge < -0.3 is 10.8 Å². The van der Waals surface area contributed by atoms with Gasteiger partial charge in [0, 0.05) is 11.1 Å². The molecule has 1 aromatic carbocycles. The Hall–Kier alpha value is -1.86. The Bertz CT molecular complexity index is 457. The summed E-state index contributed by atoms with van der Waals surface area (Å²) in [5.74, 6) is 4.31. The van der Waals surface area contributed by atoms with E-state index in [1.807, 2.05) is 0 Å². The number of carbonyl (C=O) groups is 1. The Morgan fingerprint density at radius 2 is 2.13 bits per heavy atom. The summed E-state index contributed by atoms with van der Waals surface area (Å²) in [7, 11) is 0. The van der Waals surface area contributed by atoms with Crippen LogP contribution in [0, 0.1) is 11.8 Å². The molecule has 0 heterocycles. The van der Waals surface area contributed by atoms with Gasteiger partial charge in [-0.15, -0.1) is 0 Å². The molecule has 0 spiro atoms. The zero-order chi connectivity index (χ0) is 11.3. The maximum atomic E-state index is 10.3. The first kappa shape index (κ1) is 11.2. The van der Waals surface area contributed by atoms with Gasteiger partial charge in [-0.2, -0.15) is 0 Å². The average Bonchev–Trinajstić information content (AvgIpc) is 2.17. The molecule has 0 saturated heterocycles. The van der Waals surface area contributed by atoms with Crippen LogP contribution in [0.5, 0.6) is 0 Å². The molecule has 76 valence electrons. The van der Waals surface area contributed by atoms with Crippen molar-refractivity contribution >= 4 is 23.2 Å². The Kier molecular flexibility index (Phi) is 3.83. The zero-order valence-corrected chi connectivity index (χ0v) is 8.67. The van der Waals surface area contributed by atoms with Crippen LogP contribution in [0.2, 0.25) is 0 Å². The lowest BCUT2D eigenvalue weighted by Crippen LogP contribution is -2.11. The highest BCUT2D eigenvalue weighted by Gasteiger charge is 2.00. The average molecular weight is 219 g/mol. The minimum Gasteiger partial charge on any atom is -0.481 e. The smallest absolute Gasteiger partial charge is 0.315 e. The number of aliphatic carboxylic acids is 1. The molecule has 0 aliphatic heterocycles. The molecule has 4 heteroatoms. The summed E-state index contributed by atoms with van der Waals surface area (Å²) in [6.45, 7) is 0. The van der Waals surface area contributed by atoms with Crippen molar-refractivity contribution in [2.75, 3.05) is 0 Å². The highest BCUT2D eigenvalue weighted by atomic mass is 32.1. The van der Waals surface area contributed by atoms with Crippen LogP contribution in [0.25, 0.3) is 0 Å². The molecule has 0 aliphatic carbocycles. The summed E-state index contributed by atoms with van der Waals surface area (Å²) >= 11 is 4.85. The van der Waals surface area contributed by atoms with Crippen LogP contribution >= 0.6 is 12.2 Å². The summed E-state index contributed by atoms with van der Waals surface area (Å²) in [5.41, 5.74) is 6.82. The second-order valence-corrected chi connectivity index (χ2v) is 3.22. The SMILES string of the molecule is NC(=S)c1ccccc1C#CCC(=O)O. The molecule has 0 saturated carbocycles. The number of benzene rings is 1. The van der Waals surface area contributed by atoms with Crippen LogP contribution in [0.1, 0.15) is 17.5 Å². The molecule has 0 atom stereocenters. The fraction of sp³-hybridized carbons (Fsp3) is 0.0909. The van der Waals surface area contributed by atoms with Crippen molar-refractivity contribution in [3.8, 4) is 11.8 Å². The standard InChI is InChI=1S/C11H9NO2S/c12-11(15)9-6-2-1-4-8(9)5-3-7-10(13)14/h1-2,4,6H,7H2,(H2,12,15)(H,13,14). The van der Waals surface area contributed by atoms with E-state index in [-0.39, 0.29) is 11.4 Å². The minimum absolute atomic E-state index is 0.189. The van der Waals surface area contributed by atoms with Crippen molar-refractivity contribution in [1.82, 2.24) is 0 Å². The molecule has 3 nitrogen and oxygen atoms in total. The fourth-order valence-corrected chi connectivity index (χ4v) is 1.20. The van der Waals surface area contributed by atoms with Crippen molar-refractivity contribution in [2.45, 2.75) is 6.42 Å². The summed E-state index contributed by atoms with van der Waals surface area (Å²) in [5, 5.41) is 8.42. The van der Waals surface area contributed by atoms with Gasteiger partial charge in [0.1, 0.15) is 11.4 Å². The normalized spacial score (nSPS) is 8.80. The number of carboxylic acids is 1. The van der Waals surface area contributed by atoms with E-state index in [0.717, 1.165) is 0 Å². The molecule has 0 fully saturated rings. The second-order valence-electron chi connectivity index (χ2n) is 2.78. The largest absolute Gasteiger partial charge is 0.481 e. The highest BCUT2D eigenvalue weighted by Crippen LogP contribution is 2.06. The van der Waals surface area contributed by atoms with Gasteiger partial charge in [0.05, 0.1) is 0 Å². The number of rotatable bonds is 2. The summed E-state index contributed by atoms with van der Waals surface area (Å²) in [6.07, 6.45) is -0.189. The van der Waals surface area contributed by atoms with Gasteiger partial charge >= 0.3 is 5.97 Å². The summed E-state index contributed by atoms with van der Waals surface area (Å²) < 4.78 is 0. The van der Waals surface area contributed by atoms with Gasteiger partial charge in [-0.3, -0.25) is 4.79 Å². The van der Waals surface area contributed by atoms with Crippen molar-refractivity contribution in [3.63, 3.8) is 0 Å². The minimum atomic E-state index is -0.949. The Morgan fingerprint density at radius 1 is 1.47 bits per heavy atom. The van der Waals surface area contributed by atoms with Crippen LogP contribution in [0.4, 0.5) is 0 Å². The van der Waals surface area contributed by atoms with Crippen LogP contribution in [0.3, 0.4) is 0 Å². The van der Waals surface area contributed by atoms with Crippen molar-refractivity contribution in [3.05, 3.63) is 35.4 Å². The lowest BCUT2D eigenvalue weighted by Gasteiger charge is -2.00. The first-order valence-corrected chi connectivity index (χ1v) is 4.61. The zero-order valence-electron chi connectivity index (χ0n) is 7.86. The first-order valence-electron chi connectivity index (χ1n) is 4.20. The Morgan fingerprint density at radius 3 is 2.73 bits per heavy atom. The molecule has 0 aliphatic rings. The molecule has 0 amide bonds. The maximum Gasteiger partial charge on any atom is 0.315 e. The second kappa shape index (κ2) is 5.13. The lowest BCUT2D eigenvalue weighted by molar-refractivity contribution is -0.135. The van der Waals surface area contributed by atoms with Crippen molar-refractivity contribution in [1.29, 1.82) is 0 Å². The van der Waals surface area contributed by atoms with Gasteiger partial charge in [-0.25, -0.2) is 0 Å². The third-order valence-electron chi connectivity index (χ3n) is 1.66. The number of thiocarbonyl (C=S) groups is 1. The van der Waals surface area contributed by atoms with E-state index in [1.54, 1.807) is 24.3 Å². The molecule has 0 unspecified atom stereocenters. The van der Waals surface area contributed by atoms with E-state index in [9.17, 15) is 4.79 Å². The summed E-state index contributed by atoms with van der Waals surface area (Å²) in [4.78, 5) is 10.5. The topological polar surface area (TPSA) is 63.3 Å². The van der Waals surface area contributed by atoms with E-state index in [1.165, 1.54) is 0 Å². The van der Waals surface area contributed by atoms with Gasteiger partial charge in [0.15, 0.2) is 0 Å². The van der Waals surface area contributed by atoms with Crippen LogP contribution in [0.15, 0.2) is 24.3 Å². The fourth-order valence-electron chi connectivity index (χ4n) is 1.02. The lowest BCUT2D eigenvalue weighted by atomic mass is 10.1. The third-order valence-corrected chi connectivity index (χ3v) is 1.88. The summed E-state index contributed by atoms with van der Waals surface area (Å²) in [6, 6.07) is 7.11. The molecular formula is C11H9NO2S. The van der Waals surface area contributed by atoms with Gasteiger partial charge in [0.2, 0.25) is 0 Å². The van der Waals surface area contributed by atoms with Crippen molar-refractivity contribution in [2.24, 2.45) is 5.73 Å². The maximum absolute atomic E-state index is 10.3. The number of nitrogens with two attached hydrogens (primary N) is 1. The molecule has 0 radical (unpaired) electrons. The first-order chi connectivity index (χ1) is 7.11. The Balaban J connectivity index is 2.97. The number of carboxylic acid groups (broad SMARTS) is 1. The molecule has 0 bridgehead atoms. The van der Waals surface area contributed by atoms with E-state index in [2.05, 4.69) is 11.8 Å². The molecule has 3 N–H and O–H groups in total. The number of hydrogen-bond donors (Lipinski definition) is 2. The number of hydrogen-bond acceptors (Lipinski definition) is 2. The van der Waals surface area contributed by atoms with E-state index in [4.69, 9.17) is 23.1 Å². The molecule has 15 heavy (non-hydrogen) atoms. The highest BCUT2D eigenvalue weighted by molar-refractivity contribution is 7.80. The Labute approximate surface area is 92.9 Å². The molecule has 1 aromatic rings.